The number of rotatable bonds is 7. The molecular weight excluding hydrogens is 186 g/mol. The van der Waals surface area contributed by atoms with Gasteiger partial charge in [0.15, 0.2) is 0 Å². The van der Waals surface area contributed by atoms with E-state index in [2.05, 4.69) is 12.4 Å². The van der Waals surface area contributed by atoms with Crippen molar-refractivity contribution in [3.63, 3.8) is 0 Å². The molecule has 1 aliphatic carbocycles. The molecule has 1 N–H and O–H groups in total. The van der Waals surface area contributed by atoms with Gasteiger partial charge in [0.2, 0.25) is 0 Å². The molecule has 0 aliphatic heterocycles. The van der Waals surface area contributed by atoms with E-state index in [4.69, 9.17) is 4.84 Å². The van der Waals surface area contributed by atoms with Gasteiger partial charge < -0.3 is 4.84 Å². The van der Waals surface area contributed by atoms with Crippen molar-refractivity contribution in [3.05, 3.63) is 0 Å². The number of nitrogens with one attached hydrogen (secondary N) is 1. The summed E-state index contributed by atoms with van der Waals surface area (Å²) < 4.78 is 0. The summed E-state index contributed by atoms with van der Waals surface area (Å²) in [4.78, 5) is 4.85. The van der Waals surface area contributed by atoms with Crippen molar-refractivity contribution in [2.24, 2.45) is 11.8 Å². The molecule has 1 rings (SSSR count). The summed E-state index contributed by atoms with van der Waals surface area (Å²) in [6.45, 7) is 3.35. The molecule has 0 heterocycles. The Kier molecular flexibility index (Phi) is 7.03. The van der Waals surface area contributed by atoms with Crippen LogP contribution in [0.4, 0.5) is 0 Å². The van der Waals surface area contributed by atoms with Crippen LogP contribution in [-0.4, -0.2) is 13.7 Å². The van der Waals surface area contributed by atoms with Crippen molar-refractivity contribution in [2.45, 2.75) is 58.3 Å². The Morgan fingerprint density at radius 3 is 2.60 bits per heavy atom. The van der Waals surface area contributed by atoms with Gasteiger partial charge in [0.05, 0.1) is 7.11 Å². The third-order valence-corrected chi connectivity index (χ3v) is 3.84. The first-order chi connectivity index (χ1) is 7.38. The van der Waals surface area contributed by atoms with E-state index in [1.165, 1.54) is 51.4 Å². The molecule has 1 atom stereocenters. The van der Waals surface area contributed by atoms with Gasteiger partial charge in [0, 0.05) is 6.54 Å². The Morgan fingerprint density at radius 2 is 2.00 bits per heavy atom. The maximum absolute atomic E-state index is 4.85. The third-order valence-electron chi connectivity index (χ3n) is 3.84. The van der Waals surface area contributed by atoms with Crippen LogP contribution in [-0.2, 0) is 4.84 Å². The normalized spacial score (nSPS) is 20.4. The van der Waals surface area contributed by atoms with Crippen molar-refractivity contribution in [3.8, 4) is 0 Å². The average molecular weight is 213 g/mol. The first-order valence-corrected chi connectivity index (χ1v) is 6.64. The maximum Gasteiger partial charge on any atom is 0.0572 e. The van der Waals surface area contributed by atoms with E-state index in [9.17, 15) is 0 Å². The first kappa shape index (κ1) is 13.0. The van der Waals surface area contributed by atoms with Gasteiger partial charge in [-0.05, 0) is 24.7 Å². The first-order valence-electron chi connectivity index (χ1n) is 6.64. The van der Waals surface area contributed by atoms with E-state index in [1.807, 2.05) is 0 Å². The molecule has 1 saturated carbocycles. The quantitative estimate of drug-likeness (QED) is 0.516. The molecule has 0 amide bonds. The molecule has 0 aromatic rings. The maximum atomic E-state index is 4.85. The third kappa shape index (κ3) is 4.98. The molecular formula is C13H27NO. The lowest BCUT2D eigenvalue weighted by Gasteiger charge is -2.29. The highest BCUT2D eigenvalue weighted by Gasteiger charge is 2.21. The average Bonchev–Trinajstić information content (AvgIpc) is 2.30. The van der Waals surface area contributed by atoms with Crippen LogP contribution < -0.4 is 5.48 Å². The van der Waals surface area contributed by atoms with E-state index < -0.39 is 0 Å². The second-order valence-corrected chi connectivity index (χ2v) is 4.81. The molecule has 1 aliphatic rings. The van der Waals surface area contributed by atoms with Gasteiger partial charge in [0.25, 0.3) is 0 Å². The van der Waals surface area contributed by atoms with Gasteiger partial charge in [-0.1, -0.05) is 45.4 Å². The summed E-state index contributed by atoms with van der Waals surface area (Å²) in [5.74, 6) is 1.98. The minimum absolute atomic E-state index is 0.962. The smallest absolute Gasteiger partial charge is 0.0572 e. The molecule has 1 fully saturated rings. The standard InChI is InChI=1S/C13H27NO/c1-3-12(10-7-11-14-15-2)13-8-5-4-6-9-13/h12-14H,3-11H2,1-2H3. The zero-order valence-electron chi connectivity index (χ0n) is 10.4. The number of hydrogen-bond donors (Lipinski definition) is 1. The second-order valence-electron chi connectivity index (χ2n) is 4.81. The Balaban J connectivity index is 2.15. The van der Waals surface area contributed by atoms with E-state index in [-0.39, 0.29) is 0 Å². The number of hydrogen-bond acceptors (Lipinski definition) is 2. The van der Waals surface area contributed by atoms with Crippen molar-refractivity contribution >= 4 is 0 Å². The molecule has 90 valence electrons. The molecule has 15 heavy (non-hydrogen) atoms. The minimum Gasteiger partial charge on any atom is -0.305 e. The van der Waals surface area contributed by atoms with Crippen LogP contribution in [0.5, 0.6) is 0 Å². The van der Waals surface area contributed by atoms with Gasteiger partial charge in [-0.3, -0.25) is 0 Å². The van der Waals surface area contributed by atoms with Crippen LogP contribution in [0.1, 0.15) is 58.3 Å². The summed E-state index contributed by atoms with van der Waals surface area (Å²) >= 11 is 0. The number of hydroxylamine groups is 1. The van der Waals surface area contributed by atoms with Gasteiger partial charge in [-0.25, -0.2) is 5.48 Å². The largest absolute Gasteiger partial charge is 0.305 e. The molecule has 0 aromatic carbocycles. The fraction of sp³-hybridized carbons (Fsp3) is 1.00. The van der Waals surface area contributed by atoms with Crippen LogP contribution >= 0.6 is 0 Å². The molecule has 0 bridgehead atoms. The summed E-state index contributed by atoms with van der Waals surface area (Å²) in [5.41, 5.74) is 2.93. The molecule has 2 nitrogen and oxygen atoms in total. The Morgan fingerprint density at radius 1 is 1.27 bits per heavy atom. The van der Waals surface area contributed by atoms with Gasteiger partial charge >= 0.3 is 0 Å². The predicted molar refractivity (Wildman–Crippen MR) is 64.6 cm³/mol. The van der Waals surface area contributed by atoms with Gasteiger partial charge in [0.1, 0.15) is 0 Å². The lowest BCUT2D eigenvalue weighted by molar-refractivity contribution is 0.0878. The predicted octanol–water partition coefficient (Wildman–Crippen LogP) is 3.52. The van der Waals surface area contributed by atoms with Crippen molar-refractivity contribution in [1.29, 1.82) is 0 Å². The van der Waals surface area contributed by atoms with Gasteiger partial charge in [-0.2, -0.15) is 0 Å². The highest BCUT2D eigenvalue weighted by atomic mass is 16.6. The lowest BCUT2D eigenvalue weighted by atomic mass is 9.77. The zero-order valence-corrected chi connectivity index (χ0v) is 10.4. The van der Waals surface area contributed by atoms with E-state index in [0.717, 1.165) is 18.4 Å². The summed E-state index contributed by atoms with van der Waals surface area (Å²) in [7, 11) is 1.69. The molecule has 0 saturated heterocycles. The van der Waals surface area contributed by atoms with Crippen LogP contribution in [0.25, 0.3) is 0 Å². The molecule has 2 heteroatoms. The fourth-order valence-electron chi connectivity index (χ4n) is 2.92. The Bertz CT molecular complexity index is 143. The van der Waals surface area contributed by atoms with Crippen molar-refractivity contribution in [2.75, 3.05) is 13.7 Å². The molecule has 0 radical (unpaired) electrons. The second kappa shape index (κ2) is 8.12. The van der Waals surface area contributed by atoms with Crippen LogP contribution in [0.15, 0.2) is 0 Å². The zero-order chi connectivity index (χ0) is 10.9. The highest BCUT2D eigenvalue weighted by Crippen LogP contribution is 2.33. The lowest BCUT2D eigenvalue weighted by Crippen LogP contribution is -2.20. The van der Waals surface area contributed by atoms with Crippen LogP contribution in [0, 0.1) is 11.8 Å². The summed E-state index contributed by atoms with van der Waals surface area (Å²) in [6.07, 6.45) is 11.4. The minimum atomic E-state index is 0.962. The van der Waals surface area contributed by atoms with Crippen molar-refractivity contribution in [1.82, 2.24) is 5.48 Å². The summed E-state index contributed by atoms with van der Waals surface area (Å²) in [5, 5.41) is 0. The van der Waals surface area contributed by atoms with Crippen LogP contribution in [0.2, 0.25) is 0 Å². The van der Waals surface area contributed by atoms with E-state index >= 15 is 0 Å². The molecule has 1 unspecified atom stereocenters. The van der Waals surface area contributed by atoms with Gasteiger partial charge in [-0.15, -0.1) is 0 Å². The van der Waals surface area contributed by atoms with E-state index in [1.54, 1.807) is 7.11 Å². The fourth-order valence-corrected chi connectivity index (χ4v) is 2.92. The van der Waals surface area contributed by atoms with Crippen molar-refractivity contribution < 1.29 is 4.84 Å². The summed E-state index contributed by atoms with van der Waals surface area (Å²) in [6, 6.07) is 0. The van der Waals surface area contributed by atoms with Crippen LogP contribution in [0.3, 0.4) is 0 Å². The Hall–Kier alpha value is -0.0800. The SMILES string of the molecule is CCC(CCCNOC)C1CCCCC1. The highest BCUT2D eigenvalue weighted by molar-refractivity contribution is 4.73. The monoisotopic (exact) mass is 213 g/mol. The topological polar surface area (TPSA) is 21.3 Å². The molecule has 0 spiro atoms. The van der Waals surface area contributed by atoms with E-state index in [0.29, 0.717) is 0 Å². The Labute approximate surface area is 94.7 Å². The molecule has 0 aromatic heterocycles.